The largest absolute Gasteiger partial charge is 0.484 e. The van der Waals surface area contributed by atoms with Crippen molar-refractivity contribution in [2.45, 2.75) is 25.4 Å². The number of ether oxygens (including phenoxy) is 2. The summed E-state index contributed by atoms with van der Waals surface area (Å²) in [6.45, 7) is 0.958. The van der Waals surface area contributed by atoms with Gasteiger partial charge in [-0.25, -0.2) is 13.6 Å². The van der Waals surface area contributed by atoms with Gasteiger partial charge in [-0.05, 0) is 48.4 Å². The first-order chi connectivity index (χ1) is 14.8. The van der Waals surface area contributed by atoms with E-state index < -0.39 is 30.9 Å². The Morgan fingerprint density at radius 2 is 1.94 bits per heavy atom. The molecule has 4 rings (SSSR count). The second-order valence-corrected chi connectivity index (χ2v) is 7.92. The number of rotatable bonds is 5. The van der Waals surface area contributed by atoms with Crippen LogP contribution in [0.3, 0.4) is 0 Å². The number of benzene rings is 2. The van der Waals surface area contributed by atoms with E-state index in [2.05, 4.69) is 0 Å². The number of fused-ring (bicyclic) bond motifs is 1. The van der Waals surface area contributed by atoms with Crippen LogP contribution in [0.5, 0.6) is 5.75 Å². The number of carbonyl (C=O) groups is 2. The molecule has 0 aliphatic carbocycles. The maximum atomic E-state index is 13.0. The quantitative estimate of drug-likeness (QED) is 0.499. The number of nitrogens with zero attached hydrogens (tertiary/aromatic N) is 1. The van der Waals surface area contributed by atoms with Gasteiger partial charge in [-0.2, -0.15) is 0 Å². The van der Waals surface area contributed by atoms with E-state index in [0.29, 0.717) is 29.4 Å². The van der Waals surface area contributed by atoms with E-state index in [-0.39, 0.29) is 6.10 Å². The lowest BCUT2D eigenvalue weighted by Gasteiger charge is -2.38. The Morgan fingerprint density at radius 3 is 2.58 bits per heavy atom. The summed E-state index contributed by atoms with van der Waals surface area (Å²) in [7, 11) is 0. The topological polar surface area (TPSA) is 55.8 Å². The van der Waals surface area contributed by atoms with Crippen LogP contribution in [0.2, 0.25) is 5.02 Å². The van der Waals surface area contributed by atoms with Gasteiger partial charge in [0, 0.05) is 23.6 Å². The first kappa shape index (κ1) is 21.3. The van der Waals surface area contributed by atoms with Gasteiger partial charge in [-0.3, -0.25) is 4.79 Å². The summed E-state index contributed by atoms with van der Waals surface area (Å²) in [6, 6.07) is 10.5. The zero-order valence-corrected chi connectivity index (χ0v) is 17.5. The van der Waals surface area contributed by atoms with E-state index in [1.54, 1.807) is 43.3 Å². The summed E-state index contributed by atoms with van der Waals surface area (Å²) in [5, 5.41) is 0.447. The molecule has 1 saturated heterocycles. The number of likely N-dealkylation sites (tertiary alicyclic amines) is 1. The lowest BCUT2D eigenvalue weighted by Crippen LogP contribution is -2.58. The average molecular weight is 448 g/mol. The Kier molecular flexibility index (Phi) is 5.71. The molecule has 1 fully saturated rings. The molecule has 2 aliphatic heterocycles. The van der Waals surface area contributed by atoms with Gasteiger partial charge in [0.1, 0.15) is 11.9 Å². The standard InChI is InChI=1S/C23H20ClF2NO4/c1-2-30-20(28)8-7-18-10-17-9-16(11-19(24)21(17)31-18)14-3-5-15(6-4-14)22(29)27-12-23(25,26)13-27/h3-9,11,18H,2,10,12-13H2,1H3/b8-7+. The van der Waals surface area contributed by atoms with Crippen molar-refractivity contribution >= 4 is 23.5 Å². The van der Waals surface area contributed by atoms with Crippen molar-refractivity contribution in [1.29, 1.82) is 0 Å². The van der Waals surface area contributed by atoms with E-state index in [4.69, 9.17) is 21.1 Å². The van der Waals surface area contributed by atoms with E-state index >= 15 is 0 Å². The summed E-state index contributed by atoms with van der Waals surface area (Å²) in [5.74, 6) is -3.05. The van der Waals surface area contributed by atoms with Crippen LogP contribution in [-0.2, 0) is 16.0 Å². The number of alkyl halides is 2. The molecule has 8 heteroatoms. The van der Waals surface area contributed by atoms with Gasteiger partial charge in [0.2, 0.25) is 0 Å². The Balaban J connectivity index is 1.47. The number of halogens is 3. The van der Waals surface area contributed by atoms with Gasteiger partial charge >= 0.3 is 5.97 Å². The number of esters is 1. The van der Waals surface area contributed by atoms with E-state index in [9.17, 15) is 18.4 Å². The third kappa shape index (κ3) is 4.56. The second kappa shape index (κ2) is 8.30. The van der Waals surface area contributed by atoms with Gasteiger partial charge < -0.3 is 14.4 Å². The molecule has 31 heavy (non-hydrogen) atoms. The summed E-state index contributed by atoms with van der Waals surface area (Å²) < 4.78 is 36.7. The predicted molar refractivity (Wildman–Crippen MR) is 112 cm³/mol. The first-order valence-electron chi connectivity index (χ1n) is 9.87. The number of carbonyl (C=O) groups excluding carboxylic acids is 2. The van der Waals surface area contributed by atoms with E-state index in [1.807, 2.05) is 6.07 Å². The lowest BCUT2D eigenvalue weighted by atomic mass is 9.99. The highest BCUT2D eigenvalue weighted by atomic mass is 35.5. The minimum absolute atomic E-state index is 0.305. The Bertz CT molecular complexity index is 1040. The summed E-state index contributed by atoms with van der Waals surface area (Å²) >= 11 is 6.41. The molecule has 0 bridgehead atoms. The molecule has 1 unspecified atom stereocenters. The zero-order chi connectivity index (χ0) is 22.2. The molecular formula is C23H20ClF2NO4. The highest BCUT2D eigenvalue weighted by Crippen LogP contribution is 2.40. The molecule has 0 aromatic heterocycles. The van der Waals surface area contributed by atoms with Gasteiger partial charge in [0.05, 0.1) is 24.7 Å². The normalized spacial score (nSPS) is 19.0. The monoisotopic (exact) mass is 447 g/mol. The minimum Gasteiger partial charge on any atom is -0.484 e. The van der Waals surface area contributed by atoms with Crippen LogP contribution in [0.25, 0.3) is 11.1 Å². The maximum absolute atomic E-state index is 13.0. The molecule has 5 nitrogen and oxygen atoms in total. The van der Waals surface area contributed by atoms with Crippen LogP contribution in [0.1, 0.15) is 22.8 Å². The molecule has 2 heterocycles. The SMILES string of the molecule is CCOC(=O)/C=C/C1Cc2cc(-c3ccc(C(=O)N4CC(F)(F)C4)cc3)cc(Cl)c2O1. The summed E-state index contributed by atoms with van der Waals surface area (Å²) in [5.41, 5.74) is 2.94. The van der Waals surface area contributed by atoms with Gasteiger partial charge in [0.15, 0.2) is 0 Å². The summed E-state index contributed by atoms with van der Waals surface area (Å²) in [6.07, 6.45) is 3.23. The van der Waals surface area contributed by atoms with Crippen LogP contribution in [0, 0.1) is 0 Å². The first-order valence-corrected chi connectivity index (χ1v) is 10.2. The highest BCUT2D eigenvalue weighted by molar-refractivity contribution is 6.32. The molecule has 1 atom stereocenters. The number of hydrogen-bond donors (Lipinski definition) is 0. The zero-order valence-electron chi connectivity index (χ0n) is 16.7. The molecule has 1 amide bonds. The van der Waals surface area contributed by atoms with Crippen LogP contribution in [0.4, 0.5) is 8.78 Å². The Morgan fingerprint density at radius 1 is 1.23 bits per heavy atom. The molecule has 2 aliphatic rings. The fraction of sp³-hybridized carbons (Fsp3) is 0.304. The Labute approximate surface area is 183 Å². The maximum Gasteiger partial charge on any atom is 0.330 e. The predicted octanol–water partition coefficient (Wildman–Crippen LogP) is 4.52. The molecule has 2 aromatic carbocycles. The molecule has 2 aromatic rings. The van der Waals surface area contributed by atoms with Crippen molar-refractivity contribution in [1.82, 2.24) is 4.90 Å². The van der Waals surface area contributed by atoms with Crippen molar-refractivity contribution in [3.05, 3.63) is 64.7 Å². The van der Waals surface area contributed by atoms with Gasteiger partial charge in [-0.1, -0.05) is 23.7 Å². The van der Waals surface area contributed by atoms with Crippen LogP contribution >= 0.6 is 11.6 Å². The molecule has 0 radical (unpaired) electrons. The molecular weight excluding hydrogens is 428 g/mol. The molecule has 0 saturated carbocycles. The third-order valence-electron chi connectivity index (χ3n) is 5.14. The third-order valence-corrected chi connectivity index (χ3v) is 5.42. The van der Waals surface area contributed by atoms with Crippen molar-refractivity contribution in [3.8, 4) is 16.9 Å². The van der Waals surface area contributed by atoms with Crippen molar-refractivity contribution < 1.29 is 27.8 Å². The fourth-order valence-electron chi connectivity index (χ4n) is 3.64. The molecule has 162 valence electrons. The van der Waals surface area contributed by atoms with Crippen LogP contribution in [-0.4, -0.2) is 48.5 Å². The molecule has 0 spiro atoms. The van der Waals surface area contributed by atoms with E-state index in [0.717, 1.165) is 21.6 Å². The van der Waals surface area contributed by atoms with Crippen molar-refractivity contribution in [3.63, 3.8) is 0 Å². The Hall–Kier alpha value is -2.93. The average Bonchev–Trinajstić information content (AvgIpc) is 3.14. The minimum atomic E-state index is -2.79. The summed E-state index contributed by atoms with van der Waals surface area (Å²) in [4.78, 5) is 24.9. The second-order valence-electron chi connectivity index (χ2n) is 7.51. The van der Waals surface area contributed by atoms with Gasteiger partial charge in [0.25, 0.3) is 11.8 Å². The van der Waals surface area contributed by atoms with E-state index in [1.165, 1.54) is 6.08 Å². The smallest absolute Gasteiger partial charge is 0.330 e. The number of amides is 1. The van der Waals surface area contributed by atoms with Gasteiger partial charge in [-0.15, -0.1) is 0 Å². The highest BCUT2D eigenvalue weighted by Gasteiger charge is 2.46. The number of hydrogen-bond acceptors (Lipinski definition) is 4. The van der Waals surface area contributed by atoms with Crippen molar-refractivity contribution in [2.24, 2.45) is 0 Å². The lowest BCUT2D eigenvalue weighted by molar-refractivity contribution is -0.137. The van der Waals surface area contributed by atoms with Crippen LogP contribution in [0.15, 0.2) is 48.6 Å². The van der Waals surface area contributed by atoms with Crippen molar-refractivity contribution in [2.75, 3.05) is 19.7 Å². The molecule has 0 N–H and O–H groups in total. The van der Waals surface area contributed by atoms with Crippen LogP contribution < -0.4 is 4.74 Å². The fourth-order valence-corrected chi connectivity index (χ4v) is 3.92.